The van der Waals surface area contributed by atoms with Gasteiger partial charge >= 0.3 is 0 Å². The van der Waals surface area contributed by atoms with Crippen molar-refractivity contribution in [3.8, 4) is 17.2 Å². The van der Waals surface area contributed by atoms with Crippen LogP contribution >= 0.6 is 11.6 Å². The molecule has 5 nitrogen and oxygen atoms in total. The monoisotopic (exact) mass is 371 g/mol. The summed E-state index contributed by atoms with van der Waals surface area (Å²) in [7, 11) is 2.00. The number of aryl methyl sites for hydroxylation is 2. The van der Waals surface area contributed by atoms with Gasteiger partial charge in [-0.05, 0) is 68.4 Å². The first kappa shape index (κ1) is 18.4. The fourth-order valence-electron chi connectivity index (χ4n) is 2.67. The Morgan fingerprint density at radius 2 is 1.73 bits per heavy atom. The van der Waals surface area contributed by atoms with E-state index in [1.54, 1.807) is 12.1 Å². The molecule has 0 aliphatic heterocycles. The number of ether oxygens (including phenoxy) is 1. The van der Waals surface area contributed by atoms with Gasteiger partial charge < -0.3 is 9.15 Å². The number of rotatable bonds is 7. The van der Waals surface area contributed by atoms with Gasteiger partial charge in [-0.25, -0.2) is 0 Å². The molecule has 136 valence electrons. The molecule has 0 amide bonds. The Bertz CT molecular complexity index is 841. The lowest BCUT2D eigenvalue weighted by atomic mass is 10.1. The summed E-state index contributed by atoms with van der Waals surface area (Å²) < 4.78 is 11.6. The molecule has 0 unspecified atom stereocenters. The highest BCUT2D eigenvalue weighted by Gasteiger charge is 2.11. The lowest BCUT2D eigenvalue weighted by Gasteiger charge is -2.15. The van der Waals surface area contributed by atoms with Crippen molar-refractivity contribution < 1.29 is 9.15 Å². The van der Waals surface area contributed by atoms with Gasteiger partial charge in [0.2, 0.25) is 11.8 Å². The van der Waals surface area contributed by atoms with E-state index in [0.717, 1.165) is 17.9 Å². The summed E-state index contributed by atoms with van der Waals surface area (Å²) in [6.45, 7) is 6.06. The summed E-state index contributed by atoms with van der Waals surface area (Å²) >= 11 is 5.90. The van der Waals surface area contributed by atoms with E-state index in [1.807, 2.05) is 31.3 Å². The van der Waals surface area contributed by atoms with Crippen molar-refractivity contribution in [3.05, 3.63) is 64.5 Å². The molecular formula is C20H22ClN3O2. The summed E-state index contributed by atoms with van der Waals surface area (Å²) in [4.78, 5) is 2.09. The molecule has 0 atom stereocenters. The quantitative estimate of drug-likeness (QED) is 0.611. The first-order chi connectivity index (χ1) is 12.5. The minimum atomic E-state index is 0.497. The lowest BCUT2D eigenvalue weighted by molar-refractivity contribution is 0.220. The van der Waals surface area contributed by atoms with Gasteiger partial charge in [0.1, 0.15) is 12.4 Å². The molecule has 0 fully saturated rings. The van der Waals surface area contributed by atoms with E-state index in [4.69, 9.17) is 20.8 Å². The summed E-state index contributed by atoms with van der Waals surface area (Å²) in [6, 6.07) is 13.6. The molecule has 0 aliphatic carbocycles. The standard InChI is InChI=1S/C20H22ClN3O2/c1-14-10-15(2)12-18(11-14)25-9-8-24(3)13-19-22-23-20(26-19)16-4-6-17(21)7-5-16/h4-7,10-12H,8-9,13H2,1-3H3. The molecule has 1 heterocycles. The molecule has 3 rings (SSSR count). The Kier molecular flexibility index (Phi) is 5.91. The van der Waals surface area contributed by atoms with Crippen LogP contribution in [0.1, 0.15) is 17.0 Å². The van der Waals surface area contributed by atoms with E-state index in [-0.39, 0.29) is 0 Å². The zero-order valence-electron chi connectivity index (χ0n) is 15.2. The van der Waals surface area contributed by atoms with E-state index in [0.29, 0.717) is 30.0 Å². The number of hydrogen-bond acceptors (Lipinski definition) is 5. The fraction of sp³-hybridized carbons (Fsp3) is 0.300. The average Bonchev–Trinajstić information content (AvgIpc) is 3.03. The highest BCUT2D eigenvalue weighted by molar-refractivity contribution is 6.30. The van der Waals surface area contributed by atoms with E-state index in [9.17, 15) is 0 Å². The van der Waals surface area contributed by atoms with Crippen LogP contribution in [-0.2, 0) is 6.54 Å². The predicted molar refractivity (Wildman–Crippen MR) is 102 cm³/mol. The van der Waals surface area contributed by atoms with Gasteiger partial charge in [0.25, 0.3) is 0 Å². The van der Waals surface area contributed by atoms with Gasteiger partial charge in [0, 0.05) is 17.1 Å². The third-order valence-electron chi connectivity index (χ3n) is 3.90. The summed E-state index contributed by atoms with van der Waals surface area (Å²) in [5, 5.41) is 8.89. The Labute approximate surface area is 158 Å². The number of likely N-dealkylation sites (N-methyl/N-ethyl adjacent to an activating group) is 1. The van der Waals surface area contributed by atoms with Gasteiger partial charge in [-0.3, -0.25) is 4.90 Å². The van der Waals surface area contributed by atoms with E-state index < -0.39 is 0 Å². The van der Waals surface area contributed by atoms with E-state index >= 15 is 0 Å². The van der Waals surface area contributed by atoms with E-state index in [2.05, 4.69) is 35.0 Å². The molecule has 0 bridgehead atoms. The first-order valence-electron chi connectivity index (χ1n) is 8.47. The Balaban J connectivity index is 1.50. The molecular weight excluding hydrogens is 350 g/mol. The summed E-state index contributed by atoms with van der Waals surface area (Å²) in [6.07, 6.45) is 0. The number of nitrogens with zero attached hydrogens (tertiary/aromatic N) is 3. The number of halogens is 1. The number of aromatic nitrogens is 2. The number of hydrogen-bond donors (Lipinski definition) is 0. The minimum absolute atomic E-state index is 0.497. The second kappa shape index (κ2) is 8.34. The zero-order valence-corrected chi connectivity index (χ0v) is 16.0. The highest BCUT2D eigenvalue weighted by Crippen LogP contribution is 2.20. The molecule has 1 aromatic heterocycles. The second-order valence-electron chi connectivity index (χ2n) is 6.42. The molecule has 0 saturated carbocycles. The summed E-state index contributed by atoms with van der Waals surface area (Å²) in [5.41, 5.74) is 3.26. The minimum Gasteiger partial charge on any atom is -0.492 e. The van der Waals surface area contributed by atoms with Gasteiger partial charge in [0.05, 0.1) is 6.54 Å². The average molecular weight is 372 g/mol. The van der Waals surface area contributed by atoms with Gasteiger partial charge in [-0.2, -0.15) is 0 Å². The second-order valence-corrected chi connectivity index (χ2v) is 6.85. The SMILES string of the molecule is Cc1cc(C)cc(OCCN(C)Cc2nnc(-c3ccc(Cl)cc3)o2)c1. The molecule has 0 radical (unpaired) electrons. The number of benzene rings is 2. The maximum Gasteiger partial charge on any atom is 0.247 e. The van der Waals surface area contributed by atoms with Crippen molar-refractivity contribution in [2.75, 3.05) is 20.2 Å². The van der Waals surface area contributed by atoms with Crippen LogP contribution in [-0.4, -0.2) is 35.3 Å². The molecule has 0 saturated heterocycles. The van der Waals surface area contributed by atoms with Crippen molar-refractivity contribution in [1.82, 2.24) is 15.1 Å². The van der Waals surface area contributed by atoms with E-state index in [1.165, 1.54) is 11.1 Å². The third-order valence-corrected chi connectivity index (χ3v) is 4.15. The molecule has 26 heavy (non-hydrogen) atoms. The van der Waals surface area contributed by atoms with Crippen LogP contribution in [0.2, 0.25) is 5.02 Å². The van der Waals surface area contributed by atoms with Crippen molar-refractivity contribution in [2.45, 2.75) is 20.4 Å². The molecule has 2 aromatic carbocycles. The van der Waals surface area contributed by atoms with Crippen LogP contribution in [0.25, 0.3) is 11.5 Å². The van der Waals surface area contributed by atoms with Crippen LogP contribution in [0.3, 0.4) is 0 Å². The smallest absolute Gasteiger partial charge is 0.247 e. The maximum absolute atomic E-state index is 5.90. The van der Waals surface area contributed by atoms with Crippen molar-refractivity contribution in [2.24, 2.45) is 0 Å². The molecule has 3 aromatic rings. The first-order valence-corrected chi connectivity index (χ1v) is 8.85. The van der Waals surface area contributed by atoms with Crippen LogP contribution in [0, 0.1) is 13.8 Å². The molecule has 0 spiro atoms. The van der Waals surface area contributed by atoms with Crippen LogP contribution < -0.4 is 4.74 Å². The Morgan fingerprint density at radius 3 is 2.42 bits per heavy atom. The van der Waals surface area contributed by atoms with Crippen LogP contribution in [0.4, 0.5) is 0 Å². The van der Waals surface area contributed by atoms with Gasteiger partial charge in [0.15, 0.2) is 0 Å². The molecule has 0 aliphatic rings. The van der Waals surface area contributed by atoms with Crippen molar-refractivity contribution in [3.63, 3.8) is 0 Å². The summed E-state index contributed by atoms with van der Waals surface area (Å²) in [5.74, 6) is 1.97. The van der Waals surface area contributed by atoms with Gasteiger partial charge in [-0.1, -0.05) is 17.7 Å². The van der Waals surface area contributed by atoms with Crippen molar-refractivity contribution >= 4 is 11.6 Å². The maximum atomic E-state index is 5.90. The molecule has 0 N–H and O–H groups in total. The fourth-order valence-corrected chi connectivity index (χ4v) is 2.80. The third kappa shape index (κ3) is 5.07. The Morgan fingerprint density at radius 1 is 1.04 bits per heavy atom. The van der Waals surface area contributed by atoms with Gasteiger partial charge in [-0.15, -0.1) is 10.2 Å². The highest BCUT2D eigenvalue weighted by atomic mass is 35.5. The predicted octanol–water partition coefficient (Wildman–Crippen LogP) is 4.52. The van der Waals surface area contributed by atoms with Crippen molar-refractivity contribution in [1.29, 1.82) is 0 Å². The Hall–Kier alpha value is -2.37. The zero-order chi connectivity index (χ0) is 18.5. The van der Waals surface area contributed by atoms with Crippen LogP contribution in [0.5, 0.6) is 5.75 Å². The topological polar surface area (TPSA) is 51.4 Å². The van der Waals surface area contributed by atoms with Crippen LogP contribution in [0.15, 0.2) is 46.9 Å². The normalized spacial score (nSPS) is 11.1. The largest absolute Gasteiger partial charge is 0.492 e. The lowest BCUT2D eigenvalue weighted by Crippen LogP contribution is -2.24. The molecule has 6 heteroatoms.